The second-order valence-electron chi connectivity index (χ2n) is 7.27. The van der Waals surface area contributed by atoms with Crippen molar-refractivity contribution < 1.29 is 14.4 Å². The molecule has 2 aliphatic heterocycles. The molecular weight excluding hydrogens is 294 g/mol. The number of carbonyl (C=O) groups is 3. The van der Waals surface area contributed by atoms with Gasteiger partial charge in [0.1, 0.15) is 6.54 Å². The van der Waals surface area contributed by atoms with E-state index in [0.717, 1.165) is 44.9 Å². The Kier molecular flexibility index (Phi) is 4.71. The molecule has 3 rings (SSSR count). The van der Waals surface area contributed by atoms with Crippen molar-refractivity contribution in [1.82, 2.24) is 9.80 Å². The zero-order valence-electron chi connectivity index (χ0n) is 13.9. The molecule has 0 bridgehead atoms. The van der Waals surface area contributed by atoms with Crippen LogP contribution < -0.4 is 5.73 Å². The third-order valence-electron chi connectivity index (χ3n) is 5.70. The summed E-state index contributed by atoms with van der Waals surface area (Å²) in [4.78, 5) is 40.7. The lowest BCUT2D eigenvalue weighted by Gasteiger charge is -2.38. The molecular formula is C17H27N3O3. The predicted octanol–water partition coefficient (Wildman–Crippen LogP) is 0.890. The maximum Gasteiger partial charge on any atom is 0.243 e. The molecule has 6 nitrogen and oxygen atoms in total. The number of nitrogens with two attached hydrogens (primary N) is 1. The average Bonchev–Trinajstić information content (AvgIpc) is 2.80. The molecule has 2 saturated heterocycles. The molecule has 0 radical (unpaired) electrons. The Bertz CT molecular complexity index is 481. The molecule has 1 aliphatic carbocycles. The molecule has 3 aliphatic rings. The Morgan fingerprint density at radius 1 is 1.09 bits per heavy atom. The van der Waals surface area contributed by atoms with Gasteiger partial charge in [0.15, 0.2) is 0 Å². The Morgan fingerprint density at radius 3 is 2.22 bits per heavy atom. The number of nitrogens with zero attached hydrogens (tertiary/aromatic N) is 2. The van der Waals surface area contributed by atoms with Gasteiger partial charge in [0.2, 0.25) is 17.7 Å². The number of imide groups is 1. The molecule has 0 spiro atoms. The smallest absolute Gasteiger partial charge is 0.243 e. The third-order valence-corrected chi connectivity index (χ3v) is 5.70. The van der Waals surface area contributed by atoms with Gasteiger partial charge >= 0.3 is 0 Å². The molecule has 2 heterocycles. The van der Waals surface area contributed by atoms with Gasteiger partial charge in [-0.25, -0.2) is 0 Å². The molecule has 3 amide bonds. The van der Waals surface area contributed by atoms with Crippen LogP contribution in [0.2, 0.25) is 0 Å². The molecule has 23 heavy (non-hydrogen) atoms. The molecule has 0 aromatic heterocycles. The number of rotatable bonds is 3. The summed E-state index contributed by atoms with van der Waals surface area (Å²) in [5.74, 6) is -0.776. The minimum atomic E-state index is -0.186. The highest BCUT2D eigenvalue weighted by atomic mass is 16.2. The number of fused-ring (bicyclic) bond motifs is 1. The molecule has 4 atom stereocenters. The van der Waals surface area contributed by atoms with Gasteiger partial charge in [-0.1, -0.05) is 12.8 Å². The summed E-state index contributed by atoms with van der Waals surface area (Å²) in [6.45, 7) is 2.49. The van der Waals surface area contributed by atoms with Crippen molar-refractivity contribution in [1.29, 1.82) is 0 Å². The van der Waals surface area contributed by atoms with Crippen molar-refractivity contribution in [3.63, 3.8) is 0 Å². The van der Waals surface area contributed by atoms with Crippen molar-refractivity contribution in [2.24, 2.45) is 17.6 Å². The zero-order valence-corrected chi connectivity index (χ0v) is 13.9. The topological polar surface area (TPSA) is 83.7 Å². The average molecular weight is 321 g/mol. The van der Waals surface area contributed by atoms with Crippen LogP contribution in [0.25, 0.3) is 0 Å². The van der Waals surface area contributed by atoms with Gasteiger partial charge in [0.05, 0.1) is 11.8 Å². The fraction of sp³-hybridized carbons (Fsp3) is 0.824. The number of amides is 3. The summed E-state index contributed by atoms with van der Waals surface area (Å²) in [5.41, 5.74) is 6.01. The minimum absolute atomic E-state index is 0.0198. The predicted molar refractivity (Wildman–Crippen MR) is 85.2 cm³/mol. The maximum atomic E-state index is 12.7. The van der Waals surface area contributed by atoms with E-state index in [2.05, 4.69) is 0 Å². The monoisotopic (exact) mass is 321 g/mol. The van der Waals surface area contributed by atoms with E-state index in [9.17, 15) is 14.4 Å². The Labute approximate surface area is 137 Å². The molecule has 6 heteroatoms. The van der Waals surface area contributed by atoms with Gasteiger partial charge in [-0.15, -0.1) is 0 Å². The Hall–Kier alpha value is -1.43. The van der Waals surface area contributed by atoms with Crippen LogP contribution in [0.3, 0.4) is 0 Å². The fourth-order valence-electron chi connectivity index (χ4n) is 4.43. The first-order valence-electron chi connectivity index (χ1n) is 8.91. The van der Waals surface area contributed by atoms with Crippen molar-refractivity contribution >= 4 is 17.7 Å². The van der Waals surface area contributed by atoms with E-state index in [-0.39, 0.29) is 48.2 Å². The van der Waals surface area contributed by atoms with E-state index in [1.165, 1.54) is 4.90 Å². The highest BCUT2D eigenvalue weighted by Gasteiger charge is 2.49. The zero-order chi connectivity index (χ0) is 16.6. The van der Waals surface area contributed by atoms with Crippen LogP contribution >= 0.6 is 0 Å². The quantitative estimate of drug-likeness (QED) is 0.783. The third kappa shape index (κ3) is 3.01. The van der Waals surface area contributed by atoms with Crippen molar-refractivity contribution in [3.8, 4) is 0 Å². The molecule has 0 aromatic rings. The molecule has 128 valence electrons. The number of hydrogen-bond donors (Lipinski definition) is 1. The van der Waals surface area contributed by atoms with Crippen LogP contribution in [0.5, 0.6) is 0 Å². The summed E-state index contributed by atoms with van der Waals surface area (Å²) in [6, 6.07) is -0.0712. The lowest BCUT2D eigenvalue weighted by atomic mass is 9.81. The van der Waals surface area contributed by atoms with Gasteiger partial charge in [0, 0.05) is 18.6 Å². The van der Waals surface area contributed by atoms with E-state index in [1.54, 1.807) is 4.90 Å². The highest BCUT2D eigenvalue weighted by Crippen LogP contribution is 2.38. The van der Waals surface area contributed by atoms with E-state index < -0.39 is 0 Å². The van der Waals surface area contributed by atoms with E-state index in [4.69, 9.17) is 5.73 Å². The van der Waals surface area contributed by atoms with Crippen molar-refractivity contribution in [3.05, 3.63) is 0 Å². The van der Waals surface area contributed by atoms with Gasteiger partial charge in [-0.3, -0.25) is 19.3 Å². The summed E-state index contributed by atoms with van der Waals surface area (Å²) in [7, 11) is 0. The minimum Gasteiger partial charge on any atom is -0.337 e. The Balaban J connectivity index is 1.69. The second kappa shape index (κ2) is 6.59. The van der Waals surface area contributed by atoms with Crippen LogP contribution in [0.15, 0.2) is 0 Å². The van der Waals surface area contributed by atoms with E-state index >= 15 is 0 Å². The molecule has 0 aromatic carbocycles. The van der Waals surface area contributed by atoms with Gasteiger partial charge < -0.3 is 10.6 Å². The molecule has 1 saturated carbocycles. The van der Waals surface area contributed by atoms with E-state index in [0.29, 0.717) is 6.54 Å². The van der Waals surface area contributed by atoms with Crippen LogP contribution in [0.4, 0.5) is 0 Å². The summed E-state index contributed by atoms with van der Waals surface area (Å²) >= 11 is 0. The Morgan fingerprint density at radius 2 is 1.65 bits per heavy atom. The summed E-state index contributed by atoms with van der Waals surface area (Å²) < 4.78 is 0. The fourth-order valence-corrected chi connectivity index (χ4v) is 4.43. The number of carbonyl (C=O) groups excluding carboxylic acids is 3. The number of hydrogen-bond acceptors (Lipinski definition) is 4. The number of piperidine rings is 1. The standard InChI is InChI=1S/C17H27N3O3/c1-11(18)14-8-4-5-9-19(14)15(21)10-20-16(22)12-6-2-3-7-13(12)17(20)23/h11-14H,2-10,18H2,1H3. The normalized spacial score (nSPS) is 32.9. The lowest BCUT2D eigenvalue weighted by Crippen LogP contribution is -2.54. The SMILES string of the molecule is CC(N)C1CCCCN1C(=O)CN1C(=O)C2CCCCC2C1=O. The first-order chi connectivity index (χ1) is 11.0. The second-order valence-corrected chi connectivity index (χ2v) is 7.27. The van der Waals surface area contributed by atoms with Crippen LogP contribution in [-0.2, 0) is 14.4 Å². The van der Waals surface area contributed by atoms with Crippen LogP contribution in [0, 0.1) is 11.8 Å². The number of likely N-dealkylation sites (tertiary alicyclic amines) is 2. The van der Waals surface area contributed by atoms with E-state index in [1.807, 2.05) is 6.92 Å². The van der Waals surface area contributed by atoms with Gasteiger partial charge in [-0.2, -0.15) is 0 Å². The first kappa shape index (κ1) is 16.4. The molecule has 3 fully saturated rings. The highest BCUT2D eigenvalue weighted by molar-refractivity contribution is 6.07. The lowest BCUT2D eigenvalue weighted by molar-refractivity contribution is -0.148. The van der Waals surface area contributed by atoms with Crippen molar-refractivity contribution in [2.75, 3.05) is 13.1 Å². The van der Waals surface area contributed by atoms with Gasteiger partial charge in [0.25, 0.3) is 0 Å². The first-order valence-corrected chi connectivity index (χ1v) is 8.91. The van der Waals surface area contributed by atoms with Crippen LogP contribution in [0.1, 0.15) is 51.9 Å². The maximum absolute atomic E-state index is 12.7. The van der Waals surface area contributed by atoms with Crippen molar-refractivity contribution in [2.45, 2.75) is 64.0 Å². The summed E-state index contributed by atoms with van der Waals surface area (Å²) in [5, 5.41) is 0. The molecule has 4 unspecified atom stereocenters. The van der Waals surface area contributed by atoms with Crippen LogP contribution in [-0.4, -0.2) is 52.7 Å². The van der Waals surface area contributed by atoms with Gasteiger partial charge in [-0.05, 0) is 39.0 Å². The summed E-state index contributed by atoms with van der Waals surface area (Å²) in [6.07, 6.45) is 6.50. The largest absolute Gasteiger partial charge is 0.337 e. The molecule has 2 N–H and O–H groups in total.